The first kappa shape index (κ1) is 20.9. The van der Waals surface area contributed by atoms with Gasteiger partial charge in [-0.3, -0.25) is 9.52 Å². The van der Waals surface area contributed by atoms with Crippen LogP contribution in [0.1, 0.15) is 39.0 Å². The molecule has 7 nitrogen and oxygen atoms in total. The minimum Gasteiger partial charge on any atom is -0.372 e. The van der Waals surface area contributed by atoms with Gasteiger partial charge in [-0.1, -0.05) is 6.92 Å². The zero-order valence-corrected chi connectivity index (χ0v) is 17.5. The molecule has 0 aromatic heterocycles. The van der Waals surface area contributed by atoms with Gasteiger partial charge >= 0.3 is 0 Å². The molecule has 0 radical (unpaired) electrons. The van der Waals surface area contributed by atoms with E-state index < -0.39 is 21.7 Å². The van der Waals surface area contributed by atoms with Crippen molar-refractivity contribution >= 4 is 27.3 Å². The van der Waals surface area contributed by atoms with E-state index in [0.717, 1.165) is 51.3 Å². The second-order valence-electron chi connectivity index (χ2n) is 7.73. The molecule has 1 amide bonds. The molecule has 2 fully saturated rings. The van der Waals surface area contributed by atoms with E-state index in [9.17, 15) is 13.2 Å². The smallest absolute Gasteiger partial charge is 0.241 e. The van der Waals surface area contributed by atoms with Gasteiger partial charge in [0.1, 0.15) is 5.75 Å². The van der Waals surface area contributed by atoms with E-state index in [1.807, 2.05) is 12.1 Å². The Balaban J connectivity index is 1.48. The Morgan fingerprint density at radius 2 is 1.68 bits per heavy atom. The first-order valence-electron chi connectivity index (χ1n) is 10.3. The number of nitrogens with zero attached hydrogens (tertiary/aromatic N) is 2. The van der Waals surface area contributed by atoms with Gasteiger partial charge in [-0.2, -0.15) is 0 Å². The van der Waals surface area contributed by atoms with E-state index in [-0.39, 0.29) is 6.04 Å². The lowest BCUT2D eigenvalue weighted by Gasteiger charge is -2.31. The second-order valence-corrected chi connectivity index (χ2v) is 9.45. The molecule has 2 aliphatic heterocycles. The minimum absolute atomic E-state index is 0.0642. The quantitative estimate of drug-likeness (QED) is 0.721. The molecule has 2 N–H and O–H groups in total. The molecule has 156 valence electrons. The van der Waals surface area contributed by atoms with E-state index >= 15 is 0 Å². The summed E-state index contributed by atoms with van der Waals surface area (Å²) < 4.78 is 27.2. The standard InChI is InChI=1S/C20H32N4O3S/c1-2-23-14-10-17(11-15-23)21-20(25)16-28(26,27)22-18-6-8-19(9-7-18)24-12-4-3-5-13-24/h6-9,17,22H,2-5,10-16H2,1H3,(H,21,25). The van der Waals surface area contributed by atoms with Crippen LogP contribution in [-0.4, -0.2) is 63.7 Å². The summed E-state index contributed by atoms with van der Waals surface area (Å²) in [7, 11) is -3.72. The number of benzene rings is 1. The van der Waals surface area contributed by atoms with Crippen molar-refractivity contribution in [2.24, 2.45) is 0 Å². The van der Waals surface area contributed by atoms with Crippen LogP contribution in [0.15, 0.2) is 24.3 Å². The molecule has 0 atom stereocenters. The Bertz CT molecular complexity index is 737. The van der Waals surface area contributed by atoms with E-state index in [1.54, 1.807) is 12.1 Å². The summed E-state index contributed by atoms with van der Waals surface area (Å²) in [5.74, 6) is -0.984. The number of carbonyl (C=O) groups is 1. The molecule has 28 heavy (non-hydrogen) atoms. The Morgan fingerprint density at radius 3 is 2.29 bits per heavy atom. The van der Waals surface area contributed by atoms with Gasteiger partial charge in [0.15, 0.2) is 0 Å². The van der Waals surface area contributed by atoms with Gasteiger partial charge in [0.05, 0.1) is 0 Å². The molecular weight excluding hydrogens is 376 g/mol. The Labute approximate surface area is 168 Å². The maximum Gasteiger partial charge on any atom is 0.241 e. The van der Waals surface area contributed by atoms with E-state index in [1.165, 1.54) is 19.3 Å². The average Bonchev–Trinajstić information content (AvgIpc) is 2.69. The van der Waals surface area contributed by atoms with Gasteiger partial charge in [0.2, 0.25) is 15.9 Å². The van der Waals surface area contributed by atoms with Crippen molar-refractivity contribution in [3.05, 3.63) is 24.3 Å². The van der Waals surface area contributed by atoms with Crippen LogP contribution >= 0.6 is 0 Å². The Kier molecular flexibility index (Phi) is 7.18. The number of hydrogen-bond donors (Lipinski definition) is 2. The number of anilines is 2. The highest BCUT2D eigenvalue weighted by Gasteiger charge is 2.23. The molecule has 0 unspecified atom stereocenters. The van der Waals surface area contributed by atoms with Crippen LogP contribution in [0.2, 0.25) is 0 Å². The summed E-state index contributed by atoms with van der Waals surface area (Å²) in [6.45, 7) is 7.10. The van der Waals surface area contributed by atoms with Crippen molar-refractivity contribution in [2.75, 3.05) is 48.1 Å². The molecule has 2 saturated heterocycles. The number of carbonyl (C=O) groups excluding carboxylic acids is 1. The zero-order valence-electron chi connectivity index (χ0n) is 16.7. The summed E-state index contributed by atoms with van der Waals surface area (Å²) in [4.78, 5) is 16.8. The summed E-state index contributed by atoms with van der Waals surface area (Å²) in [6, 6.07) is 7.46. The predicted molar refractivity (Wildman–Crippen MR) is 113 cm³/mol. The van der Waals surface area contributed by atoms with Gasteiger partial charge in [0, 0.05) is 43.6 Å². The zero-order chi connectivity index (χ0) is 20.0. The molecule has 1 aromatic rings. The van der Waals surface area contributed by atoms with Crippen molar-refractivity contribution in [3.8, 4) is 0 Å². The maximum absolute atomic E-state index is 12.3. The SMILES string of the molecule is CCN1CCC(NC(=O)CS(=O)(=O)Nc2ccc(N3CCCCC3)cc2)CC1. The second kappa shape index (κ2) is 9.60. The van der Waals surface area contributed by atoms with Crippen molar-refractivity contribution in [2.45, 2.75) is 45.1 Å². The third-order valence-corrected chi connectivity index (χ3v) is 6.77. The lowest BCUT2D eigenvalue weighted by molar-refractivity contribution is -0.119. The van der Waals surface area contributed by atoms with Gasteiger partial charge in [-0.25, -0.2) is 8.42 Å². The number of likely N-dealkylation sites (tertiary alicyclic amines) is 1. The number of rotatable bonds is 7. The third kappa shape index (κ3) is 6.10. The molecule has 3 rings (SSSR count). The number of hydrogen-bond acceptors (Lipinski definition) is 5. The highest BCUT2D eigenvalue weighted by Crippen LogP contribution is 2.22. The van der Waals surface area contributed by atoms with Crippen molar-refractivity contribution in [1.29, 1.82) is 0 Å². The van der Waals surface area contributed by atoms with E-state index in [0.29, 0.717) is 5.69 Å². The summed E-state index contributed by atoms with van der Waals surface area (Å²) in [5.41, 5.74) is 1.60. The van der Waals surface area contributed by atoms with Crippen molar-refractivity contribution in [3.63, 3.8) is 0 Å². The predicted octanol–water partition coefficient (Wildman–Crippen LogP) is 2.02. The van der Waals surface area contributed by atoms with Gasteiger partial charge in [-0.05, 0) is 62.9 Å². The van der Waals surface area contributed by atoms with E-state index in [4.69, 9.17) is 0 Å². The third-order valence-electron chi connectivity index (χ3n) is 5.58. The van der Waals surface area contributed by atoms with Crippen LogP contribution in [0.5, 0.6) is 0 Å². The molecule has 2 heterocycles. The van der Waals surface area contributed by atoms with Crippen LogP contribution < -0.4 is 14.9 Å². The van der Waals surface area contributed by atoms with Crippen LogP contribution in [0, 0.1) is 0 Å². The molecule has 1 aromatic carbocycles. The molecule has 2 aliphatic rings. The fraction of sp³-hybridized carbons (Fsp3) is 0.650. The normalized spacial score (nSPS) is 19.4. The van der Waals surface area contributed by atoms with Gasteiger partial charge < -0.3 is 15.1 Å². The monoisotopic (exact) mass is 408 g/mol. The van der Waals surface area contributed by atoms with Gasteiger partial charge in [-0.15, -0.1) is 0 Å². The summed E-state index contributed by atoms with van der Waals surface area (Å²) in [6.07, 6.45) is 5.39. The average molecular weight is 409 g/mol. The first-order valence-corrected chi connectivity index (χ1v) is 12.0. The lowest BCUT2D eigenvalue weighted by Crippen LogP contribution is -2.46. The minimum atomic E-state index is -3.72. The first-order chi connectivity index (χ1) is 13.4. The summed E-state index contributed by atoms with van der Waals surface area (Å²) >= 11 is 0. The number of sulfonamides is 1. The highest BCUT2D eigenvalue weighted by molar-refractivity contribution is 7.93. The molecule has 0 saturated carbocycles. The topological polar surface area (TPSA) is 81.8 Å². The van der Waals surface area contributed by atoms with Gasteiger partial charge in [0.25, 0.3) is 0 Å². The maximum atomic E-state index is 12.3. The van der Waals surface area contributed by atoms with Crippen LogP contribution in [0.25, 0.3) is 0 Å². The Hall–Kier alpha value is -1.80. The number of nitrogens with one attached hydrogen (secondary N) is 2. The number of amides is 1. The van der Waals surface area contributed by atoms with Crippen LogP contribution in [0.4, 0.5) is 11.4 Å². The highest BCUT2D eigenvalue weighted by atomic mass is 32.2. The molecule has 0 spiro atoms. The largest absolute Gasteiger partial charge is 0.372 e. The van der Waals surface area contributed by atoms with Crippen molar-refractivity contribution in [1.82, 2.24) is 10.2 Å². The lowest BCUT2D eigenvalue weighted by atomic mass is 10.1. The Morgan fingerprint density at radius 1 is 1.04 bits per heavy atom. The van der Waals surface area contributed by atoms with E-state index in [2.05, 4.69) is 26.8 Å². The van der Waals surface area contributed by atoms with Crippen LogP contribution in [0.3, 0.4) is 0 Å². The molecule has 8 heteroatoms. The van der Waals surface area contributed by atoms with Crippen molar-refractivity contribution < 1.29 is 13.2 Å². The molecular formula is C20H32N4O3S. The summed E-state index contributed by atoms with van der Waals surface area (Å²) in [5, 5.41) is 2.87. The number of piperidine rings is 2. The fourth-order valence-corrected chi connectivity index (χ4v) is 4.94. The fourth-order valence-electron chi connectivity index (χ4n) is 3.94. The molecule has 0 aliphatic carbocycles. The molecule has 0 bridgehead atoms. The van der Waals surface area contributed by atoms with Crippen LogP contribution in [-0.2, 0) is 14.8 Å².